The van der Waals surface area contributed by atoms with Crippen molar-refractivity contribution in [3.05, 3.63) is 16.1 Å². The molecule has 0 atom stereocenters. The van der Waals surface area contributed by atoms with Crippen LogP contribution in [0.25, 0.3) is 0 Å². The van der Waals surface area contributed by atoms with Gasteiger partial charge in [0.15, 0.2) is 0 Å². The molecule has 20 heavy (non-hydrogen) atoms. The third-order valence-corrected chi connectivity index (χ3v) is 4.71. The van der Waals surface area contributed by atoms with E-state index in [4.69, 9.17) is 0 Å². The lowest BCUT2D eigenvalue weighted by molar-refractivity contribution is -0.151. The van der Waals surface area contributed by atoms with Crippen molar-refractivity contribution >= 4 is 23.2 Å². The molecule has 0 aliphatic heterocycles. The van der Waals surface area contributed by atoms with Crippen LogP contribution in [-0.4, -0.2) is 28.5 Å². The molecule has 0 unspecified atom stereocenters. The van der Waals surface area contributed by atoms with Crippen LogP contribution >= 0.6 is 11.3 Å². The fourth-order valence-electron chi connectivity index (χ4n) is 2.74. The van der Waals surface area contributed by atoms with E-state index in [9.17, 15) is 14.7 Å². The minimum Gasteiger partial charge on any atom is -0.481 e. The van der Waals surface area contributed by atoms with E-state index in [2.05, 4.69) is 10.3 Å². The number of aromatic nitrogens is 1. The second kappa shape index (κ2) is 6.35. The van der Waals surface area contributed by atoms with Gasteiger partial charge < -0.3 is 10.4 Å². The van der Waals surface area contributed by atoms with Gasteiger partial charge in [-0.1, -0.05) is 12.8 Å². The third kappa shape index (κ3) is 3.56. The summed E-state index contributed by atoms with van der Waals surface area (Å²) in [7, 11) is 0. The minimum absolute atomic E-state index is 0.0957. The Labute approximate surface area is 122 Å². The number of aliphatic carboxylic acids is 1. The van der Waals surface area contributed by atoms with E-state index < -0.39 is 11.4 Å². The number of hydrogen-bond acceptors (Lipinski definition) is 4. The van der Waals surface area contributed by atoms with Crippen molar-refractivity contribution in [1.82, 2.24) is 10.3 Å². The Kier molecular flexibility index (Phi) is 4.75. The Morgan fingerprint density at radius 3 is 2.70 bits per heavy atom. The molecule has 1 saturated carbocycles. The summed E-state index contributed by atoms with van der Waals surface area (Å²) in [6, 6.07) is 0. The number of carbonyl (C=O) groups is 2. The van der Waals surface area contributed by atoms with Crippen LogP contribution in [0.1, 0.15) is 42.8 Å². The highest BCUT2D eigenvalue weighted by atomic mass is 32.1. The fraction of sp³-hybridized carbons (Fsp3) is 0.643. The van der Waals surface area contributed by atoms with Gasteiger partial charge in [-0.05, 0) is 19.8 Å². The molecule has 1 amide bonds. The van der Waals surface area contributed by atoms with Gasteiger partial charge in [-0.25, -0.2) is 4.98 Å². The normalized spacial score (nSPS) is 17.1. The zero-order chi connectivity index (χ0) is 14.6. The lowest BCUT2D eigenvalue weighted by atomic mass is 9.82. The molecular weight excluding hydrogens is 276 g/mol. The Morgan fingerprint density at radius 2 is 2.15 bits per heavy atom. The standard InChI is InChI=1S/C14H20N2O3S/c1-10-16-11(9-20-10)4-7-15-12(17)8-14(13(18)19)5-2-3-6-14/h9H,2-8H2,1H3,(H,15,17)(H,18,19). The molecular formula is C14H20N2O3S. The van der Waals surface area contributed by atoms with E-state index in [1.807, 2.05) is 12.3 Å². The molecule has 2 N–H and O–H groups in total. The van der Waals surface area contributed by atoms with E-state index in [1.165, 1.54) is 0 Å². The molecule has 1 aliphatic carbocycles. The van der Waals surface area contributed by atoms with Crippen LogP contribution in [0, 0.1) is 12.3 Å². The fourth-order valence-corrected chi connectivity index (χ4v) is 3.39. The molecule has 1 fully saturated rings. The summed E-state index contributed by atoms with van der Waals surface area (Å²) in [6.45, 7) is 2.46. The van der Waals surface area contributed by atoms with Crippen molar-refractivity contribution in [2.75, 3.05) is 6.54 Å². The predicted molar refractivity (Wildman–Crippen MR) is 76.7 cm³/mol. The maximum Gasteiger partial charge on any atom is 0.310 e. The average Bonchev–Trinajstić information content (AvgIpc) is 2.99. The number of hydrogen-bond donors (Lipinski definition) is 2. The monoisotopic (exact) mass is 296 g/mol. The molecule has 1 aromatic heterocycles. The summed E-state index contributed by atoms with van der Waals surface area (Å²) in [5.41, 5.74) is 0.142. The molecule has 0 saturated heterocycles. The van der Waals surface area contributed by atoms with Gasteiger partial charge in [0.1, 0.15) is 0 Å². The molecule has 0 radical (unpaired) electrons. The minimum atomic E-state index is -0.833. The van der Waals surface area contributed by atoms with Crippen molar-refractivity contribution in [3.63, 3.8) is 0 Å². The number of rotatable bonds is 6. The molecule has 110 valence electrons. The molecule has 0 aromatic carbocycles. The summed E-state index contributed by atoms with van der Waals surface area (Å²) < 4.78 is 0. The molecule has 0 spiro atoms. The van der Waals surface area contributed by atoms with Gasteiger partial charge in [-0.2, -0.15) is 0 Å². The molecule has 0 bridgehead atoms. The van der Waals surface area contributed by atoms with Crippen molar-refractivity contribution in [2.45, 2.75) is 45.4 Å². The molecule has 6 heteroatoms. The van der Waals surface area contributed by atoms with E-state index in [-0.39, 0.29) is 12.3 Å². The van der Waals surface area contributed by atoms with Crippen LogP contribution in [0.15, 0.2) is 5.38 Å². The van der Waals surface area contributed by atoms with Crippen LogP contribution in [0.3, 0.4) is 0 Å². The van der Waals surface area contributed by atoms with Crippen LogP contribution in [0.5, 0.6) is 0 Å². The third-order valence-electron chi connectivity index (χ3n) is 3.88. The Balaban J connectivity index is 1.78. The highest BCUT2D eigenvalue weighted by Crippen LogP contribution is 2.41. The number of carboxylic acids is 1. The quantitative estimate of drug-likeness (QED) is 0.843. The summed E-state index contributed by atoms with van der Waals surface area (Å²) in [5.74, 6) is -0.999. The van der Waals surface area contributed by atoms with Crippen molar-refractivity contribution < 1.29 is 14.7 Å². The number of thiazole rings is 1. The van der Waals surface area contributed by atoms with Crippen LogP contribution in [0.2, 0.25) is 0 Å². The highest BCUT2D eigenvalue weighted by Gasteiger charge is 2.42. The Bertz CT molecular complexity index is 492. The zero-order valence-electron chi connectivity index (χ0n) is 11.6. The van der Waals surface area contributed by atoms with Crippen molar-refractivity contribution in [2.24, 2.45) is 5.41 Å². The lowest BCUT2D eigenvalue weighted by Gasteiger charge is -2.22. The number of nitrogens with zero attached hydrogens (tertiary/aromatic N) is 1. The predicted octanol–water partition coefficient (Wildman–Crippen LogP) is 2.15. The van der Waals surface area contributed by atoms with Crippen molar-refractivity contribution in [1.29, 1.82) is 0 Å². The van der Waals surface area contributed by atoms with Crippen molar-refractivity contribution in [3.8, 4) is 0 Å². The number of carboxylic acid groups (broad SMARTS) is 1. The molecule has 2 rings (SSSR count). The maximum atomic E-state index is 11.9. The first kappa shape index (κ1) is 15.0. The van der Waals surface area contributed by atoms with Gasteiger partial charge in [-0.3, -0.25) is 9.59 Å². The van der Waals surface area contributed by atoms with Gasteiger partial charge in [0.05, 0.1) is 16.1 Å². The van der Waals surface area contributed by atoms with E-state index in [0.717, 1.165) is 23.5 Å². The molecule has 5 nitrogen and oxygen atoms in total. The average molecular weight is 296 g/mol. The molecule has 1 heterocycles. The van der Waals surface area contributed by atoms with Crippen LogP contribution in [-0.2, 0) is 16.0 Å². The number of carbonyl (C=O) groups excluding carboxylic acids is 1. The van der Waals surface area contributed by atoms with Crippen LogP contribution < -0.4 is 5.32 Å². The first-order valence-electron chi connectivity index (χ1n) is 6.93. The van der Waals surface area contributed by atoms with Gasteiger partial charge in [0, 0.05) is 24.8 Å². The second-order valence-electron chi connectivity index (χ2n) is 5.43. The maximum absolute atomic E-state index is 11.9. The number of nitrogens with one attached hydrogen (secondary N) is 1. The van der Waals surface area contributed by atoms with Crippen LogP contribution in [0.4, 0.5) is 0 Å². The van der Waals surface area contributed by atoms with E-state index in [0.29, 0.717) is 25.8 Å². The summed E-state index contributed by atoms with van der Waals surface area (Å²) in [6.07, 6.45) is 3.81. The zero-order valence-corrected chi connectivity index (χ0v) is 12.5. The van der Waals surface area contributed by atoms with Gasteiger partial charge in [0.2, 0.25) is 5.91 Å². The van der Waals surface area contributed by atoms with Gasteiger partial charge in [-0.15, -0.1) is 11.3 Å². The SMILES string of the molecule is Cc1nc(CCNC(=O)CC2(C(=O)O)CCCC2)cs1. The molecule has 1 aromatic rings. The summed E-state index contributed by atoms with van der Waals surface area (Å²) >= 11 is 1.59. The number of aryl methyl sites for hydroxylation is 1. The Hall–Kier alpha value is -1.43. The van der Waals surface area contributed by atoms with Gasteiger partial charge in [0.25, 0.3) is 0 Å². The first-order chi connectivity index (χ1) is 9.52. The summed E-state index contributed by atoms with van der Waals surface area (Å²) in [4.78, 5) is 27.6. The number of amides is 1. The second-order valence-corrected chi connectivity index (χ2v) is 6.49. The summed E-state index contributed by atoms with van der Waals surface area (Å²) in [5, 5.41) is 15.1. The lowest BCUT2D eigenvalue weighted by Crippen LogP contribution is -2.36. The highest BCUT2D eigenvalue weighted by molar-refractivity contribution is 7.09. The molecule has 1 aliphatic rings. The largest absolute Gasteiger partial charge is 0.481 e. The van der Waals surface area contributed by atoms with E-state index >= 15 is 0 Å². The topological polar surface area (TPSA) is 79.3 Å². The van der Waals surface area contributed by atoms with E-state index in [1.54, 1.807) is 11.3 Å². The first-order valence-corrected chi connectivity index (χ1v) is 7.81. The Morgan fingerprint density at radius 1 is 1.45 bits per heavy atom. The van der Waals surface area contributed by atoms with Gasteiger partial charge >= 0.3 is 5.97 Å². The smallest absolute Gasteiger partial charge is 0.310 e.